The molecule has 6 N–H and O–H groups in total. The maximum atomic E-state index is 15.2. The van der Waals surface area contributed by atoms with Gasteiger partial charge in [-0.05, 0) is 36.8 Å². The number of carbonyl (C=O) groups is 1. The van der Waals surface area contributed by atoms with E-state index in [1.54, 1.807) is 18.2 Å². The number of aliphatic hydroxyl groups is 1. The van der Waals surface area contributed by atoms with Crippen molar-refractivity contribution in [2.45, 2.75) is 19.7 Å². The number of aromatic nitrogens is 3. The molecule has 180 valence electrons. The lowest BCUT2D eigenvalue weighted by Crippen LogP contribution is -2.20. The number of hydrogen-bond donors (Lipinski definition) is 6. The van der Waals surface area contributed by atoms with E-state index in [1.807, 2.05) is 6.92 Å². The maximum absolute atomic E-state index is 15.2. The van der Waals surface area contributed by atoms with Gasteiger partial charge in [-0.1, -0.05) is 18.9 Å². The fraction of sp³-hybridized carbons (Fsp3) is 0.174. The largest absolute Gasteiger partial charge is 0.357 e. The molecule has 0 radical (unpaired) electrons. The number of ketones is 1. The van der Waals surface area contributed by atoms with Crippen molar-refractivity contribution in [1.29, 1.82) is 0 Å². The zero-order chi connectivity index (χ0) is 24.5. The van der Waals surface area contributed by atoms with Crippen LogP contribution < -0.4 is 20.7 Å². The number of aromatic amines is 1. The summed E-state index contributed by atoms with van der Waals surface area (Å²) in [6, 6.07) is 7.61. The second kappa shape index (κ2) is 9.39. The van der Waals surface area contributed by atoms with Crippen molar-refractivity contribution in [2.24, 2.45) is 0 Å². The molecule has 4 aromatic rings. The average molecular weight is 498 g/mol. The number of hydrogen-bond acceptors (Lipinski definition) is 9. The van der Waals surface area contributed by atoms with Gasteiger partial charge in [0.05, 0.1) is 33.6 Å². The molecule has 12 heteroatoms. The molecule has 2 aromatic carbocycles. The van der Waals surface area contributed by atoms with E-state index in [0.29, 0.717) is 22.4 Å². The van der Waals surface area contributed by atoms with Gasteiger partial charge in [0, 0.05) is 17.6 Å². The normalized spacial score (nSPS) is 14.3. The highest BCUT2D eigenvalue weighted by Crippen LogP contribution is 2.34. The summed E-state index contributed by atoms with van der Waals surface area (Å²) in [5.41, 5.74) is 1.74. The van der Waals surface area contributed by atoms with E-state index < -0.39 is 29.3 Å². The van der Waals surface area contributed by atoms with Crippen molar-refractivity contribution in [3.63, 3.8) is 0 Å². The highest BCUT2D eigenvalue weighted by molar-refractivity contribution is 8.00. The van der Waals surface area contributed by atoms with E-state index in [1.165, 1.54) is 30.5 Å². The molecule has 1 atom stereocenters. The van der Waals surface area contributed by atoms with Crippen LogP contribution in [0.5, 0.6) is 0 Å². The van der Waals surface area contributed by atoms with E-state index in [0.717, 1.165) is 23.9 Å². The van der Waals surface area contributed by atoms with Crippen LogP contribution in [0.3, 0.4) is 0 Å². The van der Waals surface area contributed by atoms with Gasteiger partial charge >= 0.3 is 0 Å². The minimum absolute atomic E-state index is 0.0237. The van der Waals surface area contributed by atoms with E-state index in [-0.39, 0.29) is 17.1 Å². The Balaban J connectivity index is 1.51. The van der Waals surface area contributed by atoms with Gasteiger partial charge in [-0.15, -0.1) is 0 Å². The Labute approximate surface area is 202 Å². The SMILES string of the molecule is CCCSNc1ccc(F)c(C(=O)c2c[nH]c3ncnc(Nc4ccc5c(c4)NC(O)N5)c23)c1F. The lowest BCUT2D eigenvalue weighted by molar-refractivity contribution is 0.103. The molecule has 0 saturated carbocycles. The highest BCUT2D eigenvalue weighted by Gasteiger charge is 2.26. The van der Waals surface area contributed by atoms with Crippen LogP contribution in [0.15, 0.2) is 42.9 Å². The van der Waals surface area contributed by atoms with E-state index >= 15 is 4.39 Å². The molecule has 3 heterocycles. The topological polar surface area (TPSA) is 127 Å². The zero-order valence-electron chi connectivity index (χ0n) is 18.4. The third-order valence-electron chi connectivity index (χ3n) is 5.39. The van der Waals surface area contributed by atoms with Gasteiger partial charge in [0.25, 0.3) is 0 Å². The lowest BCUT2D eigenvalue weighted by Gasteiger charge is -2.11. The second-order valence-corrected chi connectivity index (χ2v) is 8.69. The Morgan fingerprint density at radius 2 is 2.00 bits per heavy atom. The summed E-state index contributed by atoms with van der Waals surface area (Å²) in [5.74, 6) is -1.76. The molecule has 2 aromatic heterocycles. The molecule has 5 rings (SSSR count). The maximum Gasteiger partial charge on any atom is 0.202 e. The first-order valence-electron chi connectivity index (χ1n) is 10.8. The number of halogens is 2. The molecule has 0 amide bonds. The van der Waals surface area contributed by atoms with Crippen LogP contribution in [-0.4, -0.2) is 37.9 Å². The van der Waals surface area contributed by atoms with Crippen LogP contribution >= 0.6 is 11.9 Å². The molecule has 0 aliphatic carbocycles. The van der Waals surface area contributed by atoms with E-state index in [2.05, 4.69) is 35.6 Å². The number of fused-ring (bicyclic) bond motifs is 2. The van der Waals surface area contributed by atoms with Gasteiger partial charge in [-0.3, -0.25) is 4.79 Å². The number of rotatable bonds is 8. The number of carbonyl (C=O) groups excluding carboxylic acids is 1. The predicted octanol–water partition coefficient (Wildman–Crippen LogP) is 4.79. The number of nitrogens with one attached hydrogen (secondary N) is 5. The Hall–Kier alpha value is -3.90. The summed E-state index contributed by atoms with van der Waals surface area (Å²) < 4.78 is 32.7. The smallest absolute Gasteiger partial charge is 0.202 e. The van der Waals surface area contributed by atoms with Crippen LogP contribution in [0.4, 0.5) is 37.3 Å². The second-order valence-electron chi connectivity index (χ2n) is 7.79. The van der Waals surface area contributed by atoms with Crippen LogP contribution in [0, 0.1) is 11.6 Å². The molecule has 1 aliphatic heterocycles. The molecule has 0 fully saturated rings. The number of anilines is 5. The molecular weight excluding hydrogens is 476 g/mol. The van der Waals surface area contributed by atoms with Crippen molar-refractivity contribution in [2.75, 3.05) is 26.4 Å². The number of nitrogens with zero attached hydrogens (tertiary/aromatic N) is 2. The summed E-state index contributed by atoms with van der Waals surface area (Å²) >= 11 is 1.27. The molecule has 35 heavy (non-hydrogen) atoms. The molecular formula is C23H21F2N7O2S. The Bertz CT molecular complexity index is 1430. The number of aliphatic hydroxyl groups excluding tert-OH is 1. The first-order valence-corrected chi connectivity index (χ1v) is 11.8. The van der Waals surface area contributed by atoms with Gasteiger partial charge in [-0.25, -0.2) is 18.7 Å². The fourth-order valence-corrected chi connectivity index (χ4v) is 4.40. The fourth-order valence-electron chi connectivity index (χ4n) is 3.78. The van der Waals surface area contributed by atoms with Crippen molar-refractivity contribution in [1.82, 2.24) is 15.0 Å². The Kier molecular flexibility index (Phi) is 6.14. The van der Waals surface area contributed by atoms with Crippen LogP contribution in [0.25, 0.3) is 11.0 Å². The minimum Gasteiger partial charge on any atom is -0.357 e. The average Bonchev–Trinajstić information content (AvgIpc) is 3.43. The van der Waals surface area contributed by atoms with Gasteiger partial charge in [0.2, 0.25) is 12.1 Å². The standard InChI is InChI=1S/C23H21F2N7O2S/c1-2-7-35-32-15-6-4-13(24)18(19(15)25)20(33)12-9-26-21-17(12)22(28-10-27-21)29-11-3-5-14-16(8-11)31-23(34)30-14/h3-6,8-10,23,30-32,34H,2,7H2,1H3,(H2,26,27,28,29). The van der Waals surface area contributed by atoms with Crippen molar-refractivity contribution < 1.29 is 18.7 Å². The summed E-state index contributed by atoms with van der Waals surface area (Å²) in [6.45, 7) is 1.98. The summed E-state index contributed by atoms with van der Waals surface area (Å²) in [5, 5.41) is 18.8. The lowest BCUT2D eigenvalue weighted by atomic mass is 10.0. The van der Waals surface area contributed by atoms with Gasteiger partial charge in [0.15, 0.2) is 5.82 Å². The van der Waals surface area contributed by atoms with Gasteiger partial charge in [0.1, 0.15) is 23.6 Å². The van der Waals surface area contributed by atoms with Crippen LogP contribution in [0.2, 0.25) is 0 Å². The Morgan fingerprint density at radius 1 is 1.17 bits per heavy atom. The quantitative estimate of drug-likeness (QED) is 0.116. The Morgan fingerprint density at radius 3 is 2.83 bits per heavy atom. The molecule has 0 saturated heterocycles. The molecule has 0 spiro atoms. The van der Waals surface area contributed by atoms with Crippen LogP contribution in [0.1, 0.15) is 29.3 Å². The first-order chi connectivity index (χ1) is 17.0. The molecule has 1 aliphatic rings. The summed E-state index contributed by atoms with van der Waals surface area (Å²) in [6.07, 6.45) is 2.65. The first kappa shape index (κ1) is 22.9. The predicted molar refractivity (Wildman–Crippen MR) is 133 cm³/mol. The van der Waals surface area contributed by atoms with E-state index in [9.17, 15) is 14.3 Å². The molecule has 9 nitrogen and oxygen atoms in total. The summed E-state index contributed by atoms with van der Waals surface area (Å²) in [4.78, 5) is 24.6. The monoisotopic (exact) mass is 497 g/mol. The van der Waals surface area contributed by atoms with Gasteiger partial charge < -0.3 is 30.8 Å². The zero-order valence-corrected chi connectivity index (χ0v) is 19.3. The van der Waals surface area contributed by atoms with Crippen molar-refractivity contribution in [3.8, 4) is 0 Å². The third kappa shape index (κ3) is 4.33. The van der Waals surface area contributed by atoms with Crippen molar-refractivity contribution >= 4 is 57.3 Å². The number of benzene rings is 2. The van der Waals surface area contributed by atoms with E-state index in [4.69, 9.17) is 0 Å². The highest BCUT2D eigenvalue weighted by atomic mass is 32.2. The summed E-state index contributed by atoms with van der Waals surface area (Å²) in [7, 11) is 0. The van der Waals surface area contributed by atoms with Crippen molar-refractivity contribution in [3.05, 3.63) is 65.6 Å². The van der Waals surface area contributed by atoms with Crippen LogP contribution in [-0.2, 0) is 0 Å². The molecule has 1 unspecified atom stereocenters. The minimum atomic E-state index is -0.963. The number of H-pyrrole nitrogens is 1. The van der Waals surface area contributed by atoms with Gasteiger partial charge in [-0.2, -0.15) is 0 Å². The molecule has 0 bridgehead atoms. The third-order valence-corrected chi connectivity index (χ3v) is 6.36.